The van der Waals surface area contributed by atoms with Crippen LogP contribution in [0, 0.1) is 0 Å². The molecule has 0 unspecified atom stereocenters. The molecule has 6 heteroatoms. The van der Waals surface area contributed by atoms with E-state index in [0.717, 1.165) is 28.8 Å². The van der Waals surface area contributed by atoms with Crippen molar-refractivity contribution in [3.63, 3.8) is 0 Å². The van der Waals surface area contributed by atoms with E-state index in [1.165, 1.54) is 89.7 Å². The molecule has 0 saturated heterocycles. The van der Waals surface area contributed by atoms with Crippen LogP contribution in [0.1, 0.15) is 107 Å². The average molecular weight is 584 g/mol. The van der Waals surface area contributed by atoms with E-state index in [1.807, 2.05) is 48.5 Å². The van der Waals surface area contributed by atoms with Gasteiger partial charge in [0.25, 0.3) is 5.91 Å². The summed E-state index contributed by atoms with van der Waals surface area (Å²) in [6.07, 6.45) is 20.3. The molecular weight excluding hydrogens is 540 g/mol. The maximum absolute atomic E-state index is 12.8. The van der Waals surface area contributed by atoms with Crippen LogP contribution < -0.4 is 10.1 Å². The molecule has 206 valence electrons. The van der Waals surface area contributed by atoms with E-state index < -0.39 is 0 Å². The summed E-state index contributed by atoms with van der Waals surface area (Å²) in [5.41, 5.74) is 1.86. The summed E-state index contributed by atoms with van der Waals surface area (Å²) in [7, 11) is 0. The van der Waals surface area contributed by atoms with Crippen molar-refractivity contribution in [2.45, 2.75) is 96.8 Å². The zero-order valence-electron chi connectivity index (χ0n) is 22.9. The van der Waals surface area contributed by atoms with Crippen LogP contribution in [-0.2, 0) is 0 Å². The normalized spacial score (nSPS) is 11.0. The largest absolute Gasteiger partial charge is 0.494 e. The molecule has 5 nitrogen and oxygen atoms in total. The predicted octanol–water partition coefficient (Wildman–Crippen LogP) is 10.2. The number of nitrogens with zero attached hydrogens (tertiary/aromatic N) is 1. The molecule has 0 radical (unpaired) electrons. The fraction of sp³-hybridized carbons (Fsp3) is 0.500. The van der Waals surface area contributed by atoms with Gasteiger partial charge in [0.2, 0.25) is 0 Å². The van der Waals surface area contributed by atoms with Crippen molar-refractivity contribution in [1.29, 1.82) is 0 Å². The van der Waals surface area contributed by atoms with Crippen LogP contribution in [-0.4, -0.2) is 17.7 Å². The lowest BCUT2D eigenvalue weighted by Gasteiger charge is -2.08. The molecular formula is C32H43BrN2O3. The van der Waals surface area contributed by atoms with Crippen molar-refractivity contribution < 1.29 is 14.1 Å². The Morgan fingerprint density at radius 2 is 1.39 bits per heavy atom. The standard InChI is InChI=1S/C32H43BrN2O3/c1-2-3-4-5-6-7-8-9-10-11-12-13-14-17-24-37-27-22-20-26(21-23-27)31-28(25-34-38-31)32(36)35-30-19-16-15-18-29(30)33/h15-16,18-23,25H,2-14,17,24H2,1H3,(H,35,36). The Morgan fingerprint density at radius 3 is 2.00 bits per heavy atom. The fourth-order valence-corrected chi connectivity index (χ4v) is 4.93. The van der Waals surface area contributed by atoms with Crippen molar-refractivity contribution in [3.8, 4) is 17.1 Å². The number of halogens is 1. The van der Waals surface area contributed by atoms with Gasteiger partial charge in [-0.15, -0.1) is 0 Å². The van der Waals surface area contributed by atoms with Crippen LogP contribution in [0.2, 0.25) is 0 Å². The van der Waals surface area contributed by atoms with Crippen LogP contribution in [0.3, 0.4) is 0 Å². The van der Waals surface area contributed by atoms with Gasteiger partial charge in [0.05, 0.1) is 18.5 Å². The Kier molecular flexibility index (Phi) is 14.0. The van der Waals surface area contributed by atoms with E-state index in [-0.39, 0.29) is 5.91 Å². The van der Waals surface area contributed by atoms with Crippen molar-refractivity contribution >= 4 is 27.5 Å². The van der Waals surface area contributed by atoms with Gasteiger partial charge in [-0.3, -0.25) is 4.79 Å². The summed E-state index contributed by atoms with van der Waals surface area (Å²) >= 11 is 3.45. The second-order valence-electron chi connectivity index (χ2n) is 9.97. The third kappa shape index (κ3) is 10.6. The lowest BCUT2D eigenvalue weighted by atomic mass is 10.0. The first-order valence-electron chi connectivity index (χ1n) is 14.4. The molecule has 0 saturated carbocycles. The minimum Gasteiger partial charge on any atom is -0.494 e. The molecule has 0 aliphatic rings. The first-order chi connectivity index (χ1) is 18.7. The monoisotopic (exact) mass is 582 g/mol. The quantitative estimate of drug-likeness (QED) is 0.143. The SMILES string of the molecule is CCCCCCCCCCCCCCCCOc1ccc(-c2oncc2C(=O)Nc2ccccc2Br)cc1. The summed E-state index contributed by atoms with van der Waals surface area (Å²) in [4.78, 5) is 12.8. The number of ether oxygens (including phenoxy) is 1. The van der Waals surface area contributed by atoms with Gasteiger partial charge >= 0.3 is 0 Å². The van der Waals surface area contributed by atoms with E-state index in [9.17, 15) is 4.79 Å². The van der Waals surface area contributed by atoms with Crippen molar-refractivity contribution in [2.24, 2.45) is 0 Å². The van der Waals surface area contributed by atoms with Crippen molar-refractivity contribution in [2.75, 3.05) is 11.9 Å². The Morgan fingerprint density at radius 1 is 0.816 bits per heavy atom. The van der Waals surface area contributed by atoms with Gasteiger partial charge in [-0.05, 0) is 58.7 Å². The summed E-state index contributed by atoms with van der Waals surface area (Å²) < 4.78 is 12.1. The number of amides is 1. The minimum atomic E-state index is -0.272. The number of anilines is 1. The number of hydrogen-bond donors (Lipinski definition) is 1. The highest BCUT2D eigenvalue weighted by Crippen LogP contribution is 2.28. The van der Waals surface area contributed by atoms with Gasteiger partial charge in [-0.2, -0.15) is 0 Å². The number of carbonyl (C=O) groups is 1. The number of aromatic nitrogens is 1. The third-order valence-electron chi connectivity index (χ3n) is 6.82. The highest BCUT2D eigenvalue weighted by atomic mass is 79.9. The molecule has 1 heterocycles. The minimum absolute atomic E-state index is 0.272. The van der Waals surface area contributed by atoms with Crippen molar-refractivity contribution in [1.82, 2.24) is 5.16 Å². The van der Waals surface area contributed by atoms with E-state index in [0.29, 0.717) is 17.0 Å². The smallest absolute Gasteiger partial charge is 0.261 e. The van der Waals surface area contributed by atoms with Crippen LogP contribution in [0.15, 0.2) is 63.7 Å². The Bertz CT molecular complexity index is 1060. The van der Waals surface area contributed by atoms with Crippen LogP contribution in [0.25, 0.3) is 11.3 Å². The van der Waals surface area contributed by atoms with Gasteiger partial charge in [-0.25, -0.2) is 0 Å². The number of nitrogens with one attached hydrogen (secondary N) is 1. The average Bonchev–Trinajstić information content (AvgIpc) is 3.43. The highest BCUT2D eigenvalue weighted by Gasteiger charge is 2.18. The van der Waals surface area contributed by atoms with Gasteiger partial charge in [0.15, 0.2) is 5.76 Å². The summed E-state index contributed by atoms with van der Waals surface area (Å²) in [6.45, 7) is 3.00. The molecule has 1 amide bonds. The first kappa shape index (κ1) is 29.9. The summed E-state index contributed by atoms with van der Waals surface area (Å²) in [5, 5.41) is 6.74. The molecule has 1 N–H and O–H groups in total. The van der Waals surface area contributed by atoms with E-state index in [1.54, 1.807) is 0 Å². The number of hydrogen-bond acceptors (Lipinski definition) is 4. The van der Waals surface area contributed by atoms with Crippen LogP contribution in [0.5, 0.6) is 5.75 Å². The van der Waals surface area contributed by atoms with E-state index in [4.69, 9.17) is 9.26 Å². The third-order valence-corrected chi connectivity index (χ3v) is 7.51. The zero-order chi connectivity index (χ0) is 26.8. The van der Waals surface area contributed by atoms with Gasteiger partial charge in [0, 0.05) is 10.0 Å². The lowest BCUT2D eigenvalue weighted by molar-refractivity contribution is 0.102. The topological polar surface area (TPSA) is 64.4 Å². The van der Waals surface area contributed by atoms with Gasteiger partial charge in [0.1, 0.15) is 11.3 Å². The van der Waals surface area contributed by atoms with Gasteiger partial charge in [-0.1, -0.05) is 108 Å². The van der Waals surface area contributed by atoms with Crippen molar-refractivity contribution in [3.05, 3.63) is 64.8 Å². The number of unbranched alkanes of at least 4 members (excludes halogenated alkanes) is 13. The molecule has 0 fully saturated rings. The number of benzene rings is 2. The molecule has 0 atom stereocenters. The molecule has 0 spiro atoms. The number of rotatable bonds is 19. The first-order valence-corrected chi connectivity index (χ1v) is 15.2. The Balaban J connectivity index is 1.28. The predicted molar refractivity (Wildman–Crippen MR) is 160 cm³/mol. The van der Waals surface area contributed by atoms with Crippen LogP contribution in [0.4, 0.5) is 5.69 Å². The van der Waals surface area contributed by atoms with E-state index in [2.05, 4.69) is 33.3 Å². The van der Waals surface area contributed by atoms with Gasteiger partial charge < -0.3 is 14.6 Å². The Labute approximate surface area is 236 Å². The fourth-order valence-electron chi connectivity index (χ4n) is 4.55. The highest BCUT2D eigenvalue weighted by molar-refractivity contribution is 9.10. The maximum atomic E-state index is 12.8. The van der Waals surface area contributed by atoms with Crippen LogP contribution >= 0.6 is 15.9 Å². The summed E-state index contributed by atoms with van der Waals surface area (Å²) in [5.74, 6) is 0.988. The number of para-hydroxylation sites is 1. The maximum Gasteiger partial charge on any atom is 0.261 e. The van der Waals surface area contributed by atoms with E-state index >= 15 is 0 Å². The summed E-state index contributed by atoms with van der Waals surface area (Å²) in [6, 6.07) is 15.1. The molecule has 0 bridgehead atoms. The molecule has 38 heavy (non-hydrogen) atoms. The number of carbonyl (C=O) groups excluding carboxylic acids is 1. The molecule has 3 aromatic rings. The molecule has 1 aromatic heterocycles. The second-order valence-corrected chi connectivity index (χ2v) is 10.8. The Hall–Kier alpha value is -2.60. The molecule has 2 aromatic carbocycles. The molecule has 0 aliphatic heterocycles. The molecule has 3 rings (SSSR count). The molecule has 0 aliphatic carbocycles. The lowest BCUT2D eigenvalue weighted by Crippen LogP contribution is -2.12. The second kappa shape index (κ2) is 17.8. The zero-order valence-corrected chi connectivity index (χ0v) is 24.4.